The van der Waals surface area contributed by atoms with Crippen LogP contribution in [-0.2, 0) is 19.2 Å². The van der Waals surface area contributed by atoms with Crippen LogP contribution < -0.4 is 62.4 Å². The van der Waals surface area contributed by atoms with Gasteiger partial charge in [0.15, 0.2) is 0 Å². The summed E-state index contributed by atoms with van der Waals surface area (Å²) in [5, 5.41) is 40.8. The molecule has 12 heteroatoms. The molecule has 24 heavy (non-hydrogen) atoms. The number of aliphatic hydroxyl groups is 1. The Balaban J connectivity index is -0.0000000326. The van der Waals surface area contributed by atoms with Gasteiger partial charge >= 0.3 is 51.4 Å². The number of aliphatic hydroxyl groups excluding tert-OH is 1. The molecule has 0 spiro atoms. The molecule has 0 aliphatic rings. The topological polar surface area (TPSA) is 207 Å². The van der Waals surface area contributed by atoms with E-state index in [9.17, 15) is 0 Å². The Kier molecular flexibility index (Phi) is 61.6. The largest absolute Gasteiger partial charge is 1.00 e. The van der Waals surface area contributed by atoms with E-state index in [0.29, 0.717) is 13.1 Å². The number of hydrogen-bond acceptors (Lipinski definition) is 7. The summed E-state index contributed by atoms with van der Waals surface area (Å²) in [5.41, 5.74) is 5.13. The summed E-state index contributed by atoms with van der Waals surface area (Å²) in [6, 6.07) is 0. The van der Waals surface area contributed by atoms with Crippen LogP contribution in [0.1, 0.15) is 29.1 Å². The zero-order valence-corrected chi connectivity index (χ0v) is 17.9. The number of carboxylic acids is 4. The summed E-state index contributed by atoms with van der Waals surface area (Å²) < 4.78 is 0. The van der Waals surface area contributed by atoms with Crippen LogP contribution in [-0.4, -0.2) is 75.7 Å². The Morgan fingerprint density at radius 1 is 0.792 bits per heavy atom. The van der Waals surface area contributed by atoms with E-state index in [2.05, 4.69) is 5.32 Å². The number of nitrogens with one attached hydrogen (secondary N) is 1. The van der Waals surface area contributed by atoms with Crippen LogP contribution in [0.15, 0.2) is 0 Å². The molecule has 0 saturated carbocycles. The smallest absolute Gasteiger partial charge is 1.00 e. The van der Waals surface area contributed by atoms with Gasteiger partial charge in [-0.2, -0.15) is 0 Å². The summed E-state index contributed by atoms with van der Waals surface area (Å²) >= 11 is 0. The summed E-state index contributed by atoms with van der Waals surface area (Å²) in [6.07, 6.45) is 0. The van der Waals surface area contributed by atoms with E-state index in [1.165, 1.54) is 0 Å². The van der Waals surface area contributed by atoms with Gasteiger partial charge < -0.3 is 38.0 Å². The van der Waals surface area contributed by atoms with Crippen molar-refractivity contribution in [1.29, 1.82) is 0 Å². The van der Waals surface area contributed by atoms with Crippen molar-refractivity contribution in [2.45, 2.75) is 27.7 Å². The standard InChI is InChI=1S/C4H12N2O.4C2H4O2.K.H/c5-1-2-6-3-4-7;4*1-2(3)4;;/h6-7H,1-5H2;4*1H3,(H,3,4);;/q;;;;;+1;-1. The third kappa shape index (κ3) is 772. The molecule has 0 aliphatic heterocycles. The molecule has 8 N–H and O–H groups in total. The molecule has 0 aromatic rings. The van der Waals surface area contributed by atoms with Crippen LogP contribution in [0.2, 0.25) is 0 Å². The van der Waals surface area contributed by atoms with Gasteiger partial charge in [0.05, 0.1) is 6.61 Å². The molecule has 0 atom stereocenters. The number of rotatable bonds is 4. The van der Waals surface area contributed by atoms with Gasteiger partial charge in [-0.1, -0.05) is 0 Å². The second-order valence-electron chi connectivity index (χ2n) is 3.34. The predicted molar refractivity (Wildman–Crippen MR) is 83.4 cm³/mol. The number of hydrogen-bond donors (Lipinski definition) is 7. The number of carbonyl (C=O) groups is 4. The van der Waals surface area contributed by atoms with Crippen LogP contribution in [0.25, 0.3) is 0 Å². The maximum atomic E-state index is 9.00. The van der Waals surface area contributed by atoms with Crippen LogP contribution in [0, 0.1) is 0 Å². The third-order valence-corrected chi connectivity index (χ3v) is 0.610. The average Bonchev–Trinajstić information content (AvgIpc) is 2.26. The molecule has 0 radical (unpaired) electrons. The molecule has 0 aliphatic carbocycles. The Morgan fingerprint density at radius 2 is 1.00 bits per heavy atom. The van der Waals surface area contributed by atoms with E-state index in [0.717, 1.165) is 34.2 Å². The van der Waals surface area contributed by atoms with Gasteiger partial charge in [0, 0.05) is 47.3 Å². The van der Waals surface area contributed by atoms with Crippen molar-refractivity contribution >= 4 is 23.9 Å². The molecular formula is C12H29KN2O9. The van der Waals surface area contributed by atoms with Crippen molar-refractivity contribution in [3.63, 3.8) is 0 Å². The SMILES string of the molecule is CC(=O)O.CC(=O)O.CC(=O)O.CC(=O)O.NCCNCCO.[H-].[K+]. The molecule has 0 fully saturated rings. The summed E-state index contributed by atoms with van der Waals surface area (Å²) in [6.45, 7) is 6.61. The fourth-order valence-corrected chi connectivity index (χ4v) is 0.306. The van der Waals surface area contributed by atoms with Crippen molar-refractivity contribution in [3.8, 4) is 0 Å². The minimum absolute atomic E-state index is 0. The zero-order chi connectivity index (χ0) is 19.8. The molecule has 0 amide bonds. The number of nitrogens with two attached hydrogens (primary N) is 1. The molecule has 0 aromatic heterocycles. The minimum atomic E-state index is -0.833. The zero-order valence-electron chi connectivity index (χ0n) is 15.8. The van der Waals surface area contributed by atoms with Crippen LogP contribution >= 0.6 is 0 Å². The first kappa shape index (κ1) is 38.8. The molecule has 0 unspecified atom stereocenters. The quantitative estimate of drug-likeness (QED) is 0.183. The monoisotopic (exact) mass is 384 g/mol. The van der Waals surface area contributed by atoms with Gasteiger partial charge in [-0.15, -0.1) is 0 Å². The van der Waals surface area contributed by atoms with Gasteiger partial charge in [-0.3, -0.25) is 19.2 Å². The van der Waals surface area contributed by atoms with Crippen molar-refractivity contribution in [2.24, 2.45) is 5.73 Å². The number of carboxylic acid groups (broad SMARTS) is 4. The fraction of sp³-hybridized carbons (Fsp3) is 0.667. The van der Waals surface area contributed by atoms with Crippen molar-refractivity contribution in [3.05, 3.63) is 0 Å². The van der Waals surface area contributed by atoms with E-state index in [-0.39, 0.29) is 59.4 Å². The number of aliphatic carboxylic acids is 4. The first-order valence-electron chi connectivity index (χ1n) is 6.14. The van der Waals surface area contributed by atoms with Gasteiger partial charge in [-0.05, 0) is 0 Å². The first-order valence-corrected chi connectivity index (χ1v) is 6.14. The first-order chi connectivity index (χ1) is 10.3. The molecular weight excluding hydrogens is 355 g/mol. The Bertz CT molecular complexity index is 240. The van der Waals surface area contributed by atoms with Crippen LogP contribution in [0.3, 0.4) is 0 Å². The van der Waals surface area contributed by atoms with Crippen molar-refractivity contribution in [1.82, 2.24) is 5.32 Å². The van der Waals surface area contributed by atoms with Gasteiger partial charge in [0.2, 0.25) is 0 Å². The van der Waals surface area contributed by atoms with E-state index in [1.807, 2.05) is 0 Å². The minimum Gasteiger partial charge on any atom is -1.00 e. The van der Waals surface area contributed by atoms with E-state index < -0.39 is 23.9 Å². The van der Waals surface area contributed by atoms with E-state index in [4.69, 9.17) is 50.4 Å². The van der Waals surface area contributed by atoms with Crippen molar-refractivity contribution in [2.75, 3.05) is 26.2 Å². The maximum Gasteiger partial charge on any atom is 1.00 e. The predicted octanol–water partition coefficient (Wildman–Crippen LogP) is -3.99. The molecule has 0 aromatic carbocycles. The third-order valence-electron chi connectivity index (χ3n) is 0.610. The normalized spacial score (nSPS) is 6.92. The Labute approximate surface area is 185 Å². The van der Waals surface area contributed by atoms with Gasteiger partial charge in [0.1, 0.15) is 0 Å². The van der Waals surface area contributed by atoms with E-state index in [1.54, 1.807) is 0 Å². The molecule has 0 saturated heterocycles. The van der Waals surface area contributed by atoms with Crippen molar-refractivity contribution < 1.29 is 97.5 Å². The second kappa shape index (κ2) is 38.1. The molecule has 142 valence electrons. The van der Waals surface area contributed by atoms with Gasteiger partial charge in [0.25, 0.3) is 23.9 Å². The maximum absolute atomic E-state index is 9.00. The Hall–Kier alpha value is -0.604. The summed E-state index contributed by atoms with van der Waals surface area (Å²) in [4.78, 5) is 36.0. The fourth-order valence-electron chi connectivity index (χ4n) is 0.306. The van der Waals surface area contributed by atoms with Crippen LogP contribution in [0.5, 0.6) is 0 Å². The summed E-state index contributed by atoms with van der Waals surface area (Å²) in [7, 11) is 0. The molecule has 0 heterocycles. The molecule has 11 nitrogen and oxygen atoms in total. The Morgan fingerprint density at radius 3 is 1.12 bits per heavy atom. The summed E-state index contributed by atoms with van der Waals surface area (Å²) in [5.74, 6) is -3.33. The molecule has 0 bridgehead atoms. The van der Waals surface area contributed by atoms with Gasteiger partial charge in [-0.25, -0.2) is 0 Å². The molecule has 0 rings (SSSR count). The second-order valence-corrected chi connectivity index (χ2v) is 3.34. The van der Waals surface area contributed by atoms with E-state index >= 15 is 0 Å². The van der Waals surface area contributed by atoms with Crippen LogP contribution in [0.4, 0.5) is 0 Å². The average molecular weight is 384 g/mol.